The first-order chi connectivity index (χ1) is 8.29. The Morgan fingerprint density at radius 3 is 3.06 bits per heavy atom. The van der Waals surface area contributed by atoms with E-state index in [0.29, 0.717) is 12.2 Å². The average molecular weight is 236 g/mol. The van der Waals surface area contributed by atoms with Crippen LogP contribution in [-0.2, 0) is 4.79 Å². The van der Waals surface area contributed by atoms with Crippen LogP contribution in [0.4, 0.5) is 6.01 Å². The van der Waals surface area contributed by atoms with Crippen LogP contribution in [0.1, 0.15) is 26.2 Å². The first kappa shape index (κ1) is 11.3. The quantitative estimate of drug-likeness (QED) is 0.851. The maximum atomic E-state index is 11.4. The molecular formula is C10H12N4O3. The molecule has 0 spiro atoms. The number of rotatable bonds is 5. The van der Waals surface area contributed by atoms with Gasteiger partial charge >= 0.3 is 6.01 Å². The summed E-state index contributed by atoms with van der Waals surface area (Å²) in [5, 5.41) is 13.4. The molecule has 0 aliphatic heterocycles. The van der Waals surface area contributed by atoms with Crippen molar-refractivity contribution >= 4 is 11.9 Å². The van der Waals surface area contributed by atoms with Crippen molar-refractivity contribution in [3.8, 4) is 11.7 Å². The Morgan fingerprint density at radius 2 is 2.35 bits per heavy atom. The predicted molar refractivity (Wildman–Crippen MR) is 57.9 cm³/mol. The summed E-state index contributed by atoms with van der Waals surface area (Å²) in [6.07, 6.45) is 3.70. The van der Waals surface area contributed by atoms with Gasteiger partial charge in [-0.05, 0) is 6.42 Å². The molecule has 2 aromatic rings. The molecule has 0 unspecified atom stereocenters. The van der Waals surface area contributed by atoms with Gasteiger partial charge in [0.1, 0.15) is 0 Å². The summed E-state index contributed by atoms with van der Waals surface area (Å²) in [6.45, 7) is 2.02. The summed E-state index contributed by atoms with van der Waals surface area (Å²) in [4.78, 5) is 11.4. The van der Waals surface area contributed by atoms with Gasteiger partial charge in [-0.1, -0.05) is 23.6 Å². The fourth-order valence-corrected chi connectivity index (χ4v) is 1.22. The van der Waals surface area contributed by atoms with E-state index in [1.165, 1.54) is 6.20 Å². The molecule has 90 valence electrons. The SMILES string of the molecule is CCCCC(=O)Nc1nnc(-c2ccno2)o1. The summed E-state index contributed by atoms with van der Waals surface area (Å²) in [7, 11) is 0. The highest BCUT2D eigenvalue weighted by atomic mass is 16.5. The van der Waals surface area contributed by atoms with Crippen molar-refractivity contribution in [3.63, 3.8) is 0 Å². The van der Waals surface area contributed by atoms with Crippen molar-refractivity contribution in [2.24, 2.45) is 0 Å². The molecule has 0 radical (unpaired) electrons. The van der Waals surface area contributed by atoms with Crippen LogP contribution < -0.4 is 5.32 Å². The summed E-state index contributed by atoms with van der Waals surface area (Å²) in [5.41, 5.74) is 0. The molecular weight excluding hydrogens is 224 g/mol. The van der Waals surface area contributed by atoms with Gasteiger partial charge in [-0.3, -0.25) is 10.1 Å². The Labute approximate surface area is 97.2 Å². The standard InChI is InChI=1S/C10H12N4O3/c1-2-3-4-8(15)12-10-14-13-9(16-10)7-5-6-11-17-7/h5-6H,2-4H2,1H3,(H,12,14,15). The molecule has 0 aliphatic carbocycles. The van der Waals surface area contributed by atoms with Gasteiger partial charge in [0.15, 0.2) is 0 Å². The lowest BCUT2D eigenvalue weighted by atomic mass is 10.2. The van der Waals surface area contributed by atoms with Crippen molar-refractivity contribution in [1.29, 1.82) is 0 Å². The molecule has 0 atom stereocenters. The van der Waals surface area contributed by atoms with E-state index in [2.05, 4.69) is 20.7 Å². The van der Waals surface area contributed by atoms with Gasteiger partial charge in [0, 0.05) is 12.5 Å². The number of hydrogen-bond acceptors (Lipinski definition) is 6. The summed E-state index contributed by atoms with van der Waals surface area (Å²) < 4.78 is 10.0. The number of carbonyl (C=O) groups is 1. The molecule has 2 rings (SSSR count). The van der Waals surface area contributed by atoms with E-state index in [1.54, 1.807) is 6.07 Å². The monoisotopic (exact) mass is 236 g/mol. The largest absolute Gasteiger partial charge is 0.400 e. The minimum atomic E-state index is -0.139. The van der Waals surface area contributed by atoms with E-state index < -0.39 is 0 Å². The van der Waals surface area contributed by atoms with E-state index in [9.17, 15) is 4.79 Å². The summed E-state index contributed by atoms with van der Waals surface area (Å²) in [5.74, 6) is 0.416. The van der Waals surface area contributed by atoms with Gasteiger partial charge < -0.3 is 8.94 Å². The highest BCUT2D eigenvalue weighted by molar-refractivity contribution is 5.88. The Hall–Kier alpha value is -2.18. The van der Waals surface area contributed by atoms with E-state index >= 15 is 0 Å². The first-order valence-electron chi connectivity index (χ1n) is 5.34. The highest BCUT2D eigenvalue weighted by Gasteiger charge is 2.13. The number of nitrogens with zero attached hydrogens (tertiary/aromatic N) is 3. The molecule has 2 heterocycles. The number of carbonyl (C=O) groups excluding carboxylic acids is 1. The van der Waals surface area contributed by atoms with E-state index in [-0.39, 0.29) is 17.8 Å². The molecule has 0 aliphatic rings. The molecule has 7 nitrogen and oxygen atoms in total. The molecule has 0 saturated carbocycles. The summed E-state index contributed by atoms with van der Waals surface area (Å²) >= 11 is 0. The molecule has 2 aromatic heterocycles. The fourth-order valence-electron chi connectivity index (χ4n) is 1.22. The lowest BCUT2D eigenvalue weighted by molar-refractivity contribution is -0.116. The number of hydrogen-bond donors (Lipinski definition) is 1. The Morgan fingerprint density at radius 1 is 1.47 bits per heavy atom. The van der Waals surface area contributed by atoms with Crippen molar-refractivity contribution in [3.05, 3.63) is 12.3 Å². The first-order valence-corrected chi connectivity index (χ1v) is 5.34. The van der Waals surface area contributed by atoms with Crippen LogP contribution in [-0.4, -0.2) is 21.3 Å². The van der Waals surface area contributed by atoms with Gasteiger partial charge in [0.05, 0.1) is 6.20 Å². The molecule has 7 heteroatoms. The molecule has 0 fully saturated rings. The number of unbranched alkanes of at least 4 members (excludes halogenated alkanes) is 1. The van der Waals surface area contributed by atoms with Crippen molar-refractivity contribution in [1.82, 2.24) is 15.4 Å². The third-order valence-electron chi connectivity index (χ3n) is 2.08. The van der Waals surface area contributed by atoms with Crippen LogP contribution >= 0.6 is 0 Å². The predicted octanol–water partition coefficient (Wildman–Crippen LogP) is 1.85. The highest BCUT2D eigenvalue weighted by Crippen LogP contribution is 2.18. The zero-order valence-electron chi connectivity index (χ0n) is 9.34. The topological polar surface area (TPSA) is 94.1 Å². The second kappa shape index (κ2) is 5.24. The minimum Gasteiger partial charge on any atom is -0.400 e. The number of nitrogens with one attached hydrogen (secondary N) is 1. The lowest BCUT2D eigenvalue weighted by Gasteiger charge is -1.97. The molecule has 0 saturated heterocycles. The molecule has 1 amide bonds. The number of anilines is 1. The van der Waals surface area contributed by atoms with Crippen molar-refractivity contribution in [2.45, 2.75) is 26.2 Å². The Balaban J connectivity index is 1.97. The van der Waals surface area contributed by atoms with Gasteiger partial charge in [0.2, 0.25) is 11.7 Å². The van der Waals surface area contributed by atoms with Crippen LogP contribution in [0.25, 0.3) is 11.7 Å². The summed E-state index contributed by atoms with van der Waals surface area (Å²) in [6, 6.07) is 1.66. The maximum Gasteiger partial charge on any atom is 0.322 e. The lowest BCUT2D eigenvalue weighted by Crippen LogP contribution is -2.11. The van der Waals surface area contributed by atoms with Crippen molar-refractivity contribution < 1.29 is 13.7 Å². The van der Waals surface area contributed by atoms with E-state index in [1.807, 2.05) is 6.92 Å². The fraction of sp³-hybridized carbons (Fsp3) is 0.400. The molecule has 1 N–H and O–H groups in total. The van der Waals surface area contributed by atoms with Crippen molar-refractivity contribution in [2.75, 3.05) is 5.32 Å². The van der Waals surface area contributed by atoms with Gasteiger partial charge in [-0.15, -0.1) is 5.10 Å². The zero-order valence-corrected chi connectivity index (χ0v) is 9.34. The Kier molecular flexibility index (Phi) is 3.49. The van der Waals surface area contributed by atoms with E-state index in [0.717, 1.165) is 12.8 Å². The average Bonchev–Trinajstić information content (AvgIpc) is 2.95. The normalized spacial score (nSPS) is 10.4. The van der Waals surface area contributed by atoms with Crippen LogP contribution in [0.3, 0.4) is 0 Å². The van der Waals surface area contributed by atoms with Crippen LogP contribution in [0.2, 0.25) is 0 Å². The van der Waals surface area contributed by atoms with Gasteiger partial charge in [-0.25, -0.2) is 0 Å². The Bertz CT molecular complexity index is 477. The number of aromatic nitrogens is 3. The maximum absolute atomic E-state index is 11.4. The molecule has 0 aromatic carbocycles. The smallest absolute Gasteiger partial charge is 0.322 e. The third kappa shape index (κ3) is 2.90. The van der Waals surface area contributed by atoms with E-state index in [4.69, 9.17) is 8.94 Å². The molecule has 17 heavy (non-hydrogen) atoms. The van der Waals surface area contributed by atoms with Gasteiger partial charge in [0.25, 0.3) is 5.89 Å². The third-order valence-corrected chi connectivity index (χ3v) is 2.08. The second-order valence-electron chi connectivity index (χ2n) is 3.44. The van der Waals surface area contributed by atoms with Crippen LogP contribution in [0.15, 0.2) is 21.2 Å². The number of amides is 1. The minimum absolute atomic E-state index is 0.0671. The molecule has 0 bridgehead atoms. The van der Waals surface area contributed by atoms with Crippen LogP contribution in [0, 0.1) is 0 Å². The second-order valence-corrected chi connectivity index (χ2v) is 3.44. The van der Waals surface area contributed by atoms with Crippen LogP contribution in [0.5, 0.6) is 0 Å². The zero-order chi connectivity index (χ0) is 12.1. The van der Waals surface area contributed by atoms with Gasteiger partial charge in [-0.2, -0.15) is 0 Å².